The lowest BCUT2D eigenvalue weighted by Crippen LogP contribution is -2.47. The fourth-order valence-electron chi connectivity index (χ4n) is 0.277. The molecular formula is C4Cl7F3O. The summed E-state index contributed by atoms with van der Waals surface area (Å²) in [7, 11) is 0. The van der Waals surface area contributed by atoms with E-state index < -0.39 is 19.0 Å². The van der Waals surface area contributed by atoms with Gasteiger partial charge in [0.2, 0.25) is 0 Å². The summed E-state index contributed by atoms with van der Waals surface area (Å²) in [5, 5.41) is -7.81. The molecule has 0 spiro atoms. The van der Waals surface area contributed by atoms with Crippen molar-refractivity contribution in [3.8, 4) is 0 Å². The van der Waals surface area contributed by atoms with Crippen molar-refractivity contribution in [1.82, 2.24) is 0 Å². The predicted molar refractivity (Wildman–Crippen MR) is 56.3 cm³/mol. The minimum absolute atomic E-state index is 2.94. The van der Waals surface area contributed by atoms with Crippen LogP contribution < -0.4 is 0 Å². The van der Waals surface area contributed by atoms with Crippen LogP contribution in [0.15, 0.2) is 0 Å². The molecule has 0 fully saturated rings. The molecule has 0 bridgehead atoms. The van der Waals surface area contributed by atoms with Crippen molar-refractivity contribution in [1.29, 1.82) is 0 Å². The number of hydrogen-bond acceptors (Lipinski definition) is 1. The van der Waals surface area contributed by atoms with Crippen molar-refractivity contribution in [2.24, 2.45) is 0 Å². The van der Waals surface area contributed by atoms with Gasteiger partial charge in [-0.1, -0.05) is 58.0 Å². The van der Waals surface area contributed by atoms with Gasteiger partial charge < -0.3 is 0 Å². The maximum absolute atomic E-state index is 13.2. The molecule has 0 heterocycles. The van der Waals surface area contributed by atoms with Crippen LogP contribution in [0.3, 0.4) is 0 Å². The molecule has 0 aliphatic carbocycles. The minimum Gasteiger partial charge on any atom is -0.275 e. The van der Waals surface area contributed by atoms with Crippen LogP contribution >= 0.6 is 81.2 Å². The Bertz CT molecular complexity index is 207. The maximum Gasteiger partial charge on any atom is 0.353 e. The first kappa shape index (κ1) is 16.8. The Labute approximate surface area is 118 Å². The summed E-state index contributed by atoms with van der Waals surface area (Å²) in [6.45, 7) is 0. The Balaban J connectivity index is 4.89. The second-order valence-electron chi connectivity index (χ2n) is 2.13. The van der Waals surface area contributed by atoms with Crippen LogP contribution in [-0.2, 0) is 4.74 Å². The Hall–Kier alpha value is 1.78. The van der Waals surface area contributed by atoms with Gasteiger partial charge in [-0.25, -0.2) is 0 Å². The Morgan fingerprint density at radius 2 is 1.00 bits per heavy atom. The van der Waals surface area contributed by atoms with Crippen molar-refractivity contribution in [2.45, 2.75) is 19.0 Å². The lowest BCUT2D eigenvalue weighted by Gasteiger charge is -2.32. The van der Waals surface area contributed by atoms with Crippen LogP contribution in [0.4, 0.5) is 13.2 Å². The Morgan fingerprint density at radius 3 is 1.20 bits per heavy atom. The first-order valence-electron chi connectivity index (χ1n) is 2.80. The molecule has 0 saturated carbocycles. The molecule has 2 atom stereocenters. The van der Waals surface area contributed by atoms with Gasteiger partial charge in [0, 0.05) is 0 Å². The highest BCUT2D eigenvalue weighted by molar-refractivity contribution is 6.70. The summed E-state index contributed by atoms with van der Waals surface area (Å²) in [5.74, 6) is 0. The van der Waals surface area contributed by atoms with Gasteiger partial charge in [-0.15, -0.1) is 0 Å². The largest absolute Gasteiger partial charge is 0.353 e. The number of ether oxygens (including phenoxy) is 1. The quantitative estimate of drug-likeness (QED) is 0.622. The average molecular weight is 369 g/mol. The minimum atomic E-state index is -4.05. The number of rotatable bonds is 3. The summed E-state index contributed by atoms with van der Waals surface area (Å²) < 4.78 is 35.6. The van der Waals surface area contributed by atoms with E-state index in [4.69, 9.17) is 46.4 Å². The van der Waals surface area contributed by atoms with E-state index in [1.165, 1.54) is 0 Å². The lowest BCUT2D eigenvalue weighted by molar-refractivity contribution is -0.210. The van der Waals surface area contributed by atoms with E-state index in [9.17, 15) is 13.2 Å². The zero-order valence-corrected chi connectivity index (χ0v) is 11.5. The molecule has 0 amide bonds. The van der Waals surface area contributed by atoms with Gasteiger partial charge >= 0.3 is 15.2 Å². The zero-order valence-electron chi connectivity index (χ0n) is 6.19. The van der Waals surface area contributed by atoms with Gasteiger partial charge in [-0.05, 0) is 23.2 Å². The molecule has 0 radical (unpaired) electrons. The molecule has 0 aliphatic rings. The highest BCUT2D eigenvalue weighted by Crippen LogP contribution is 2.52. The predicted octanol–water partition coefficient (Wildman–Crippen LogP) is 5.20. The monoisotopic (exact) mass is 366 g/mol. The van der Waals surface area contributed by atoms with Crippen LogP contribution in [0.1, 0.15) is 0 Å². The third-order valence-electron chi connectivity index (χ3n) is 0.916. The van der Waals surface area contributed by atoms with Gasteiger partial charge in [-0.2, -0.15) is 13.2 Å². The second kappa shape index (κ2) is 4.81. The van der Waals surface area contributed by atoms with E-state index in [2.05, 4.69) is 39.5 Å². The first-order chi connectivity index (χ1) is 6.21. The van der Waals surface area contributed by atoms with Crippen LogP contribution in [0, 0.1) is 0 Å². The summed E-state index contributed by atoms with van der Waals surface area (Å²) in [5.41, 5.74) is 0. The zero-order chi connectivity index (χ0) is 12.7. The Kier molecular flexibility index (Phi) is 5.38. The molecule has 0 aromatic heterocycles. The van der Waals surface area contributed by atoms with Gasteiger partial charge in [0.15, 0.2) is 0 Å². The molecule has 0 rings (SSSR count). The van der Waals surface area contributed by atoms with Crippen molar-refractivity contribution in [3.63, 3.8) is 0 Å². The van der Waals surface area contributed by atoms with Crippen LogP contribution in [0.2, 0.25) is 0 Å². The molecule has 2 unspecified atom stereocenters. The molecule has 92 valence electrons. The van der Waals surface area contributed by atoms with Crippen molar-refractivity contribution in [2.75, 3.05) is 0 Å². The highest BCUT2D eigenvalue weighted by atomic mass is 35.6. The first-order valence-corrected chi connectivity index (χ1v) is 5.44. The van der Waals surface area contributed by atoms with E-state index in [-0.39, 0.29) is 0 Å². The van der Waals surface area contributed by atoms with E-state index in [1.54, 1.807) is 0 Å². The molecule has 0 aromatic carbocycles. The van der Waals surface area contributed by atoms with E-state index in [0.717, 1.165) is 0 Å². The lowest BCUT2D eigenvalue weighted by atomic mass is 10.6. The molecule has 1 nitrogen and oxygen atoms in total. The summed E-state index contributed by atoms with van der Waals surface area (Å²) in [6.07, 6.45) is 0. The summed E-state index contributed by atoms with van der Waals surface area (Å²) in [4.78, 5) is 0. The molecule has 11 heteroatoms. The second-order valence-corrected chi connectivity index (χ2v) is 6.62. The highest BCUT2D eigenvalue weighted by Gasteiger charge is 2.62. The van der Waals surface area contributed by atoms with Crippen LogP contribution in [0.25, 0.3) is 0 Å². The Morgan fingerprint density at radius 1 is 0.667 bits per heavy atom. The van der Waals surface area contributed by atoms with Crippen LogP contribution in [0.5, 0.6) is 0 Å². The smallest absolute Gasteiger partial charge is 0.275 e. The standard InChI is InChI=1S/C4Cl7F3O/c5-1(6,7)3(10,13)15-4(11,14)2(8,9)12. The van der Waals surface area contributed by atoms with Gasteiger partial charge in [0.05, 0.1) is 0 Å². The summed E-state index contributed by atoms with van der Waals surface area (Å²) in [6, 6.07) is 0. The fraction of sp³-hybridized carbons (Fsp3) is 1.00. The normalized spacial score (nSPS) is 22.0. The third-order valence-corrected chi connectivity index (χ3v) is 3.31. The molecule has 0 aromatic rings. The van der Waals surface area contributed by atoms with E-state index >= 15 is 0 Å². The topological polar surface area (TPSA) is 9.23 Å². The molecule has 0 N–H and O–H groups in total. The van der Waals surface area contributed by atoms with Crippen molar-refractivity contribution in [3.05, 3.63) is 0 Å². The number of halogens is 10. The SMILES string of the molecule is FC(Cl)(Cl)C(F)(Cl)OC(F)(Cl)C(Cl)(Cl)Cl. The summed E-state index contributed by atoms with van der Waals surface area (Å²) >= 11 is 33.5. The number of hydrogen-bond donors (Lipinski definition) is 0. The van der Waals surface area contributed by atoms with E-state index in [1.807, 2.05) is 0 Å². The van der Waals surface area contributed by atoms with Gasteiger partial charge in [0.1, 0.15) is 0 Å². The van der Waals surface area contributed by atoms with Crippen molar-refractivity contribution < 1.29 is 17.9 Å². The third kappa shape index (κ3) is 4.51. The van der Waals surface area contributed by atoms with Crippen LogP contribution in [-0.4, -0.2) is 19.0 Å². The number of alkyl halides is 10. The van der Waals surface area contributed by atoms with Crippen molar-refractivity contribution >= 4 is 81.2 Å². The molecule has 15 heavy (non-hydrogen) atoms. The average Bonchev–Trinajstić information content (AvgIpc) is 1.77. The van der Waals surface area contributed by atoms with Gasteiger partial charge in [-0.3, -0.25) is 4.74 Å². The van der Waals surface area contributed by atoms with E-state index in [0.29, 0.717) is 0 Å². The molecular weight excluding hydrogens is 369 g/mol. The maximum atomic E-state index is 13.2. The van der Waals surface area contributed by atoms with Gasteiger partial charge in [0.25, 0.3) is 3.79 Å². The fourth-order valence-corrected chi connectivity index (χ4v) is 0.722. The molecule has 0 aliphatic heterocycles. The molecule has 0 saturated heterocycles.